The van der Waals surface area contributed by atoms with Crippen LogP contribution in [0.5, 0.6) is 0 Å². The molecule has 96 valence electrons. The average molecular weight is 260 g/mol. The summed E-state index contributed by atoms with van der Waals surface area (Å²) in [5, 5.41) is 0. The number of benzene rings is 1. The fourth-order valence-corrected chi connectivity index (χ4v) is 3.49. The van der Waals surface area contributed by atoms with E-state index in [2.05, 4.69) is 53.7 Å². The van der Waals surface area contributed by atoms with Gasteiger partial charge in [0.05, 0.1) is 6.54 Å². The molecule has 0 radical (unpaired) electrons. The molecular weight excluding hydrogens is 240 g/mol. The van der Waals surface area contributed by atoms with Crippen LogP contribution in [0.15, 0.2) is 24.3 Å². The van der Waals surface area contributed by atoms with Gasteiger partial charge in [0.15, 0.2) is 0 Å². The minimum Gasteiger partial charge on any atom is -0.320 e. The van der Waals surface area contributed by atoms with Gasteiger partial charge in [-0.1, -0.05) is 30.0 Å². The number of nitrogens with two attached hydrogens (primary N) is 1. The Kier molecular flexibility index (Phi) is 5.12. The van der Waals surface area contributed by atoms with Gasteiger partial charge in [0.1, 0.15) is 0 Å². The number of hydrogen-bond acceptors (Lipinski definition) is 3. The van der Waals surface area contributed by atoms with Crippen molar-refractivity contribution in [1.82, 2.24) is 4.90 Å². The first-order valence-corrected chi connectivity index (χ1v) is 7.51. The molecule has 2 N–H and O–H groups in total. The standard InChI is InChI=1S/C15H20N2S/c1-17(15-8-10-18-12-15)11-14-6-3-2-5-13(14)7-4-9-16/h2-3,5-6,15H,8-12,16H2,1H3. The third kappa shape index (κ3) is 3.52. The van der Waals surface area contributed by atoms with Crippen LogP contribution in [0.2, 0.25) is 0 Å². The van der Waals surface area contributed by atoms with Crippen molar-refractivity contribution in [2.24, 2.45) is 5.73 Å². The van der Waals surface area contributed by atoms with Crippen molar-refractivity contribution in [2.75, 3.05) is 25.1 Å². The molecule has 0 amide bonds. The molecule has 1 unspecified atom stereocenters. The maximum Gasteiger partial charge on any atom is 0.0555 e. The van der Waals surface area contributed by atoms with Gasteiger partial charge in [0, 0.05) is 23.9 Å². The minimum atomic E-state index is 0.420. The van der Waals surface area contributed by atoms with Crippen molar-refractivity contribution in [2.45, 2.75) is 19.0 Å². The lowest BCUT2D eigenvalue weighted by molar-refractivity contribution is 0.254. The summed E-state index contributed by atoms with van der Waals surface area (Å²) in [7, 11) is 2.21. The molecule has 0 saturated carbocycles. The Bertz CT molecular complexity index is 441. The van der Waals surface area contributed by atoms with Gasteiger partial charge in [-0.2, -0.15) is 11.8 Å². The van der Waals surface area contributed by atoms with E-state index in [0.717, 1.165) is 12.1 Å². The lowest BCUT2D eigenvalue weighted by Gasteiger charge is -2.24. The van der Waals surface area contributed by atoms with Crippen LogP contribution in [-0.4, -0.2) is 36.0 Å². The van der Waals surface area contributed by atoms with Crippen LogP contribution < -0.4 is 5.73 Å². The van der Waals surface area contributed by atoms with Gasteiger partial charge < -0.3 is 5.73 Å². The summed E-state index contributed by atoms with van der Waals surface area (Å²) >= 11 is 2.05. The van der Waals surface area contributed by atoms with Crippen LogP contribution in [0.4, 0.5) is 0 Å². The predicted octanol–water partition coefficient (Wildman–Crippen LogP) is 1.93. The van der Waals surface area contributed by atoms with E-state index < -0.39 is 0 Å². The molecule has 0 spiro atoms. The van der Waals surface area contributed by atoms with E-state index in [9.17, 15) is 0 Å². The highest BCUT2D eigenvalue weighted by Gasteiger charge is 2.20. The van der Waals surface area contributed by atoms with Crippen LogP contribution in [0.1, 0.15) is 17.5 Å². The number of hydrogen-bond donors (Lipinski definition) is 1. The summed E-state index contributed by atoms with van der Waals surface area (Å²) in [5.41, 5.74) is 7.86. The van der Waals surface area contributed by atoms with Crippen LogP contribution in [0, 0.1) is 11.8 Å². The van der Waals surface area contributed by atoms with Crippen LogP contribution in [0.25, 0.3) is 0 Å². The summed E-state index contributed by atoms with van der Waals surface area (Å²) in [6.07, 6.45) is 1.30. The largest absolute Gasteiger partial charge is 0.320 e. The molecule has 0 aliphatic carbocycles. The summed E-state index contributed by atoms with van der Waals surface area (Å²) in [4.78, 5) is 2.45. The molecule has 1 heterocycles. The molecule has 3 heteroatoms. The molecule has 18 heavy (non-hydrogen) atoms. The Morgan fingerprint density at radius 2 is 2.28 bits per heavy atom. The van der Waals surface area contributed by atoms with Crippen molar-refractivity contribution in [3.05, 3.63) is 35.4 Å². The van der Waals surface area contributed by atoms with Gasteiger partial charge in [-0.15, -0.1) is 0 Å². The van der Waals surface area contributed by atoms with Gasteiger partial charge in [-0.3, -0.25) is 4.90 Å². The smallest absolute Gasteiger partial charge is 0.0555 e. The maximum atomic E-state index is 5.44. The minimum absolute atomic E-state index is 0.420. The highest BCUT2D eigenvalue weighted by Crippen LogP contribution is 2.23. The van der Waals surface area contributed by atoms with Gasteiger partial charge in [-0.05, 0) is 30.9 Å². The fraction of sp³-hybridized carbons (Fsp3) is 0.467. The highest BCUT2D eigenvalue weighted by atomic mass is 32.2. The zero-order valence-corrected chi connectivity index (χ0v) is 11.7. The Morgan fingerprint density at radius 3 is 3.00 bits per heavy atom. The average Bonchev–Trinajstić information content (AvgIpc) is 2.91. The molecule has 1 atom stereocenters. The third-order valence-electron chi connectivity index (χ3n) is 3.29. The highest BCUT2D eigenvalue weighted by molar-refractivity contribution is 7.99. The second kappa shape index (κ2) is 6.84. The van der Waals surface area contributed by atoms with Gasteiger partial charge in [-0.25, -0.2) is 0 Å². The van der Waals surface area contributed by atoms with Crippen LogP contribution >= 0.6 is 11.8 Å². The zero-order valence-electron chi connectivity index (χ0n) is 10.9. The quantitative estimate of drug-likeness (QED) is 0.842. The van der Waals surface area contributed by atoms with Crippen molar-refractivity contribution in [3.8, 4) is 11.8 Å². The van der Waals surface area contributed by atoms with E-state index in [1.54, 1.807) is 0 Å². The Labute approximate surface area is 114 Å². The van der Waals surface area contributed by atoms with E-state index in [1.807, 2.05) is 6.07 Å². The second-order valence-corrected chi connectivity index (χ2v) is 5.75. The van der Waals surface area contributed by atoms with Gasteiger partial charge in [0.25, 0.3) is 0 Å². The molecule has 0 aromatic heterocycles. The summed E-state index contributed by atoms with van der Waals surface area (Å²) in [6, 6.07) is 9.08. The van der Waals surface area contributed by atoms with Gasteiger partial charge in [0.2, 0.25) is 0 Å². The van der Waals surface area contributed by atoms with Crippen molar-refractivity contribution < 1.29 is 0 Å². The van der Waals surface area contributed by atoms with Crippen molar-refractivity contribution >= 4 is 11.8 Å². The lowest BCUT2D eigenvalue weighted by Crippen LogP contribution is -2.31. The molecule has 1 fully saturated rings. The molecule has 2 rings (SSSR count). The van der Waals surface area contributed by atoms with E-state index in [4.69, 9.17) is 5.73 Å². The third-order valence-corrected chi connectivity index (χ3v) is 4.44. The second-order valence-electron chi connectivity index (χ2n) is 4.60. The summed E-state index contributed by atoms with van der Waals surface area (Å²) in [5.74, 6) is 8.66. The first-order chi connectivity index (χ1) is 8.81. The zero-order chi connectivity index (χ0) is 12.8. The summed E-state index contributed by atoms with van der Waals surface area (Å²) in [6.45, 7) is 1.39. The molecular formula is C15H20N2S. The first kappa shape index (κ1) is 13.5. The van der Waals surface area contributed by atoms with E-state index >= 15 is 0 Å². The number of rotatable bonds is 3. The maximum absolute atomic E-state index is 5.44. The van der Waals surface area contributed by atoms with E-state index in [1.165, 1.54) is 23.5 Å². The first-order valence-electron chi connectivity index (χ1n) is 6.36. The van der Waals surface area contributed by atoms with Crippen LogP contribution in [0.3, 0.4) is 0 Å². The molecule has 1 saturated heterocycles. The topological polar surface area (TPSA) is 29.3 Å². The van der Waals surface area contributed by atoms with E-state index in [-0.39, 0.29) is 0 Å². The molecule has 1 aromatic rings. The van der Waals surface area contributed by atoms with Crippen LogP contribution in [-0.2, 0) is 6.54 Å². The molecule has 1 aromatic carbocycles. The van der Waals surface area contributed by atoms with Crippen molar-refractivity contribution in [1.29, 1.82) is 0 Å². The number of thioether (sulfide) groups is 1. The molecule has 1 aliphatic rings. The summed E-state index contributed by atoms with van der Waals surface area (Å²) < 4.78 is 0. The number of nitrogens with zero attached hydrogens (tertiary/aromatic N) is 1. The SMILES string of the molecule is CN(Cc1ccccc1C#CCN)C1CCSC1. The Balaban J connectivity index is 2.07. The fourth-order valence-electron chi connectivity index (χ4n) is 2.19. The van der Waals surface area contributed by atoms with E-state index in [0.29, 0.717) is 12.6 Å². The van der Waals surface area contributed by atoms with Crippen molar-refractivity contribution in [3.63, 3.8) is 0 Å². The molecule has 2 nitrogen and oxygen atoms in total. The Hall–Kier alpha value is -0.950. The van der Waals surface area contributed by atoms with Gasteiger partial charge >= 0.3 is 0 Å². The molecule has 1 aliphatic heterocycles. The monoisotopic (exact) mass is 260 g/mol. The molecule has 0 bridgehead atoms. The normalized spacial score (nSPS) is 18.7. The predicted molar refractivity (Wildman–Crippen MR) is 79.6 cm³/mol. The lowest BCUT2D eigenvalue weighted by atomic mass is 10.1. The Morgan fingerprint density at radius 1 is 1.44 bits per heavy atom.